The van der Waals surface area contributed by atoms with Gasteiger partial charge in [0.05, 0.1) is 12.3 Å². The minimum absolute atomic E-state index is 0.347. The molecule has 1 fully saturated rings. The number of nitrogens with one attached hydrogen (secondary N) is 3. The number of nitrogens with zero attached hydrogens (tertiary/aromatic N) is 1. The Bertz CT molecular complexity index is 1110. The van der Waals surface area contributed by atoms with Gasteiger partial charge < -0.3 is 20.4 Å². The molecule has 1 aliphatic rings. The molecule has 1 aliphatic heterocycles. The number of hydrogen-bond acceptors (Lipinski definition) is 4. The highest BCUT2D eigenvalue weighted by Gasteiger charge is 2.39. The van der Waals surface area contributed by atoms with Crippen LogP contribution in [0.5, 0.6) is 5.75 Å². The van der Waals surface area contributed by atoms with Gasteiger partial charge in [0, 0.05) is 23.5 Å². The number of ether oxygens (including phenoxy) is 1. The Morgan fingerprint density at radius 2 is 1.90 bits per heavy atom. The molecular weight excluding hydrogens is 384 g/mol. The SMILES string of the molecule is CCOc1ccccc1NC(=O)CN1C(=O)N[C@H](Cc2c[nH]c3ccccc23)C1=O. The second-order valence-corrected chi connectivity index (χ2v) is 6.97. The van der Waals surface area contributed by atoms with Crippen molar-refractivity contribution in [2.45, 2.75) is 19.4 Å². The number of hydrogen-bond donors (Lipinski definition) is 3. The molecule has 4 amide bonds. The van der Waals surface area contributed by atoms with Crippen molar-refractivity contribution in [2.24, 2.45) is 0 Å². The molecule has 0 aliphatic carbocycles. The smallest absolute Gasteiger partial charge is 0.325 e. The van der Waals surface area contributed by atoms with Crippen LogP contribution < -0.4 is 15.4 Å². The van der Waals surface area contributed by atoms with Gasteiger partial charge in [0.15, 0.2) is 0 Å². The minimum atomic E-state index is -0.708. The number of carbonyl (C=O) groups is 3. The number of urea groups is 1. The van der Waals surface area contributed by atoms with Crippen LogP contribution >= 0.6 is 0 Å². The van der Waals surface area contributed by atoms with Crippen LogP contribution in [0.4, 0.5) is 10.5 Å². The Morgan fingerprint density at radius 3 is 2.73 bits per heavy atom. The van der Waals surface area contributed by atoms with Gasteiger partial charge in [-0.25, -0.2) is 4.79 Å². The number of imide groups is 1. The van der Waals surface area contributed by atoms with E-state index in [1.807, 2.05) is 37.4 Å². The number of rotatable bonds is 7. The van der Waals surface area contributed by atoms with Crippen LogP contribution in [0.3, 0.4) is 0 Å². The molecular formula is C22H22N4O4. The number of aromatic nitrogens is 1. The molecule has 0 unspecified atom stereocenters. The molecule has 0 radical (unpaired) electrons. The van der Waals surface area contributed by atoms with Gasteiger partial charge in [-0.1, -0.05) is 30.3 Å². The second-order valence-electron chi connectivity index (χ2n) is 6.97. The average molecular weight is 406 g/mol. The maximum absolute atomic E-state index is 12.8. The van der Waals surface area contributed by atoms with Gasteiger partial charge in [0.1, 0.15) is 18.3 Å². The largest absolute Gasteiger partial charge is 0.492 e. The van der Waals surface area contributed by atoms with E-state index >= 15 is 0 Å². The van der Waals surface area contributed by atoms with Gasteiger partial charge in [-0.2, -0.15) is 0 Å². The lowest BCUT2D eigenvalue weighted by Gasteiger charge is -2.15. The first-order valence-electron chi connectivity index (χ1n) is 9.75. The highest BCUT2D eigenvalue weighted by atomic mass is 16.5. The number of para-hydroxylation sites is 3. The summed E-state index contributed by atoms with van der Waals surface area (Å²) in [7, 11) is 0. The molecule has 3 N–H and O–H groups in total. The number of amides is 4. The fourth-order valence-corrected chi connectivity index (χ4v) is 3.57. The van der Waals surface area contributed by atoms with E-state index in [2.05, 4.69) is 15.6 Å². The van der Waals surface area contributed by atoms with Crippen LogP contribution in [0.2, 0.25) is 0 Å². The van der Waals surface area contributed by atoms with Crippen molar-refractivity contribution in [2.75, 3.05) is 18.5 Å². The standard InChI is InChI=1S/C22H22N4O4/c1-2-30-19-10-6-5-9-17(19)24-20(27)13-26-21(28)18(25-22(26)29)11-14-12-23-16-8-4-3-7-15(14)16/h3-10,12,18,23H,2,11,13H2,1H3,(H,24,27)(H,25,29)/t18-/m1/s1. The molecule has 30 heavy (non-hydrogen) atoms. The monoisotopic (exact) mass is 406 g/mol. The maximum atomic E-state index is 12.8. The summed E-state index contributed by atoms with van der Waals surface area (Å²) in [6, 6.07) is 13.5. The van der Waals surface area contributed by atoms with Gasteiger partial charge in [0.2, 0.25) is 5.91 Å². The third-order valence-corrected chi connectivity index (χ3v) is 4.97. The Balaban J connectivity index is 1.42. The van der Waals surface area contributed by atoms with Gasteiger partial charge in [-0.3, -0.25) is 14.5 Å². The van der Waals surface area contributed by atoms with Crippen molar-refractivity contribution in [3.05, 3.63) is 60.3 Å². The molecule has 1 aromatic heterocycles. The van der Waals surface area contributed by atoms with E-state index in [1.54, 1.807) is 24.3 Å². The average Bonchev–Trinajstić information content (AvgIpc) is 3.26. The summed E-state index contributed by atoms with van der Waals surface area (Å²) in [5.74, 6) is -0.361. The summed E-state index contributed by atoms with van der Waals surface area (Å²) in [6.45, 7) is 1.94. The molecule has 3 aromatic rings. The molecule has 0 saturated carbocycles. The molecule has 0 bridgehead atoms. The number of H-pyrrole nitrogens is 1. The summed E-state index contributed by atoms with van der Waals surface area (Å²) in [5, 5.41) is 6.38. The second kappa shape index (κ2) is 8.28. The van der Waals surface area contributed by atoms with Crippen LogP contribution in [-0.4, -0.2) is 46.9 Å². The Hall–Kier alpha value is -3.81. The summed E-state index contributed by atoms with van der Waals surface area (Å²) in [5.41, 5.74) is 2.39. The van der Waals surface area contributed by atoms with Crippen molar-refractivity contribution in [3.8, 4) is 5.75 Å². The number of anilines is 1. The van der Waals surface area contributed by atoms with E-state index < -0.39 is 23.9 Å². The zero-order valence-electron chi connectivity index (χ0n) is 16.5. The molecule has 2 aromatic carbocycles. The lowest BCUT2D eigenvalue weighted by atomic mass is 10.1. The summed E-state index contributed by atoms with van der Waals surface area (Å²) < 4.78 is 5.48. The van der Waals surface area contributed by atoms with Gasteiger partial charge in [-0.05, 0) is 30.7 Å². The summed E-state index contributed by atoms with van der Waals surface area (Å²) in [4.78, 5) is 41.7. The van der Waals surface area contributed by atoms with Crippen LogP contribution in [0.25, 0.3) is 10.9 Å². The molecule has 1 saturated heterocycles. The van der Waals surface area contributed by atoms with Crippen molar-refractivity contribution in [3.63, 3.8) is 0 Å². The topological polar surface area (TPSA) is 104 Å². The maximum Gasteiger partial charge on any atom is 0.325 e. The Kier molecular flexibility index (Phi) is 5.38. The molecule has 8 heteroatoms. The first-order valence-corrected chi connectivity index (χ1v) is 9.75. The van der Waals surface area contributed by atoms with Crippen molar-refractivity contribution >= 4 is 34.4 Å². The third-order valence-electron chi connectivity index (χ3n) is 4.97. The number of carbonyl (C=O) groups excluding carboxylic acids is 3. The zero-order chi connectivity index (χ0) is 21.1. The molecule has 4 rings (SSSR count). The lowest BCUT2D eigenvalue weighted by Crippen LogP contribution is -2.38. The molecule has 154 valence electrons. The highest BCUT2D eigenvalue weighted by molar-refractivity contribution is 6.08. The normalized spacial score (nSPS) is 16.0. The molecule has 2 heterocycles. The van der Waals surface area contributed by atoms with Gasteiger partial charge in [0.25, 0.3) is 5.91 Å². The molecule has 1 atom stereocenters. The van der Waals surface area contributed by atoms with Crippen molar-refractivity contribution < 1.29 is 19.1 Å². The van der Waals surface area contributed by atoms with Crippen LogP contribution in [0, 0.1) is 0 Å². The predicted octanol–water partition coefficient (Wildman–Crippen LogP) is 2.67. The van der Waals surface area contributed by atoms with E-state index in [-0.39, 0.29) is 6.54 Å². The van der Waals surface area contributed by atoms with Gasteiger partial charge >= 0.3 is 6.03 Å². The lowest BCUT2D eigenvalue weighted by molar-refractivity contribution is -0.130. The number of aromatic amines is 1. The Labute approximate surface area is 173 Å². The fourth-order valence-electron chi connectivity index (χ4n) is 3.57. The molecule has 0 spiro atoms. The van der Waals surface area contributed by atoms with E-state index in [0.717, 1.165) is 21.4 Å². The first kappa shape index (κ1) is 19.5. The third kappa shape index (κ3) is 3.84. The Morgan fingerprint density at radius 1 is 1.13 bits per heavy atom. The first-order chi connectivity index (χ1) is 14.6. The van der Waals surface area contributed by atoms with E-state index in [9.17, 15) is 14.4 Å². The zero-order valence-corrected chi connectivity index (χ0v) is 16.5. The predicted molar refractivity (Wildman–Crippen MR) is 112 cm³/mol. The van der Waals surface area contributed by atoms with Crippen LogP contribution in [0.1, 0.15) is 12.5 Å². The summed E-state index contributed by atoms with van der Waals surface area (Å²) in [6.07, 6.45) is 2.18. The van der Waals surface area contributed by atoms with Crippen LogP contribution in [-0.2, 0) is 16.0 Å². The van der Waals surface area contributed by atoms with E-state index in [0.29, 0.717) is 24.5 Å². The molecule has 8 nitrogen and oxygen atoms in total. The fraction of sp³-hybridized carbons (Fsp3) is 0.227. The minimum Gasteiger partial charge on any atom is -0.492 e. The van der Waals surface area contributed by atoms with Gasteiger partial charge in [-0.15, -0.1) is 0 Å². The van der Waals surface area contributed by atoms with E-state index in [4.69, 9.17) is 4.74 Å². The quantitative estimate of drug-likeness (QED) is 0.525. The highest BCUT2D eigenvalue weighted by Crippen LogP contribution is 2.24. The number of fused-ring (bicyclic) bond motifs is 1. The number of benzene rings is 2. The van der Waals surface area contributed by atoms with Crippen LogP contribution in [0.15, 0.2) is 54.7 Å². The van der Waals surface area contributed by atoms with Crippen molar-refractivity contribution in [1.82, 2.24) is 15.2 Å². The van der Waals surface area contributed by atoms with E-state index in [1.165, 1.54) is 0 Å². The van der Waals surface area contributed by atoms with Crippen molar-refractivity contribution in [1.29, 1.82) is 0 Å². The summed E-state index contributed by atoms with van der Waals surface area (Å²) >= 11 is 0.